The Kier molecular flexibility index (Phi) is 4.13. The monoisotopic (exact) mass is 282 g/mol. The Labute approximate surface area is 101 Å². The number of hydrogen-bond acceptors (Lipinski definition) is 4. The third-order valence-electron chi connectivity index (χ3n) is 2.46. The molecular weight excluding hydrogens is 268 g/mol. The van der Waals surface area contributed by atoms with Crippen LogP contribution in [-0.2, 0) is 20.2 Å². The lowest BCUT2D eigenvalue weighted by Gasteiger charge is -2.21. The minimum atomic E-state index is -4.09. The molecule has 1 rings (SSSR count). The molecule has 1 aliphatic carbocycles. The molecule has 98 valence electrons. The summed E-state index contributed by atoms with van der Waals surface area (Å²) in [6.45, 7) is 1.71. The molecule has 0 amide bonds. The molecule has 0 aliphatic heterocycles. The average Bonchev–Trinajstić information content (AvgIpc) is 2.05. The molecule has 6 nitrogen and oxygen atoms in total. The zero-order chi connectivity index (χ0) is 13.3. The minimum Gasteiger partial charge on any atom is -0.286 e. The molecular formula is C9H14O6S2. The molecule has 0 aromatic carbocycles. The van der Waals surface area contributed by atoms with E-state index in [0.717, 1.165) is 0 Å². The lowest BCUT2D eigenvalue weighted by Crippen LogP contribution is -2.22. The summed E-state index contributed by atoms with van der Waals surface area (Å²) >= 11 is 0. The van der Waals surface area contributed by atoms with Crippen LogP contribution in [0, 0.1) is 11.8 Å². The van der Waals surface area contributed by atoms with E-state index in [1.807, 2.05) is 0 Å². The van der Waals surface area contributed by atoms with Gasteiger partial charge in [-0.2, -0.15) is 16.8 Å². The van der Waals surface area contributed by atoms with Gasteiger partial charge < -0.3 is 0 Å². The summed E-state index contributed by atoms with van der Waals surface area (Å²) in [5, 5.41) is 0. The molecule has 8 heteroatoms. The molecule has 0 saturated carbocycles. The van der Waals surface area contributed by atoms with Crippen LogP contribution in [0.1, 0.15) is 6.92 Å². The van der Waals surface area contributed by atoms with Crippen LogP contribution < -0.4 is 0 Å². The molecule has 0 bridgehead atoms. The quantitative estimate of drug-likeness (QED) is 0.727. The molecule has 2 unspecified atom stereocenters. The number of allylic oxidation sites excluding steroid dienone is 3. The van der Waals surface area contributed by atoms with Gasteiger partial charge >= 0.3 is 0 Å². The van der Waals surface area contributed by atoms with E-state index < -0.39 is 37.7 Å². The van der Waals surface area contributed by atoms with Crippen LogP contribution >= 0.6 is 0 Å². The fraction of sp³-hybridized carbons (Fsp3) is 0.556. The molecule has 0 aromatic rings. The molecule has 1 aliphatic rings. The van der Waals surface area contributed by atoms with Gasteiger partial charge in [-0.1, -0.05) is 25.2 Å². The van der Waals surface area contributed by atoms with Gasteiger partial charge in [0.1, 0.15) is 5.75 Å². The van der Waals surface area contributed by atoms with Gasteiger partial charge in [-0.05, 0) is 17.4 Å². The van der Waals surface area contributed by atoms with Crippen molar-refractivity contribution in [3.05, 3.63) is 23.8 Å². The van der Waals surface area contributed by atoms with Crippen molar-refractivity contribution in [3.63, 3.8) is 0 Å². The van der Waals surface area contributed by atoms with E-state index in [2.05, 4.69) is 0 Å². The van der Waals surface area contributed by atoms with Crippen molar-refractivity contribution >= 4 is 20.2 Å². The fourth-order valence-electron chi connectivity index (χ4n) is 1.70. The van der Waals surface area contributed by atoms with Crippen LogP contribution in [0.25, 0.3) is 0 Å². The zero-order valence-corrected chi connectivity index (χ0v) is 10.8. The molecule has 2 atom stereocenters. The van der Waals surface area contributed by atoms with Crippen molar-refractivity contribution in [1.82, 2.24) is 0 Å². The van der Waals surface area contributed by atoms with Gasteiger partial charge in [-0.3, -0.25) is 9.11 Å². The lowest BCUT2D eigenvalue weighted by atomic mass is 9.89. The van der Waals surface area contributed by atoms with Crippen LogP contribution in [-0.4, -0.2) is 37.4 Å². The smallest absolute Gasteiger partial charge is 0.269 e. The van der Waals surface area contributed by atoms with Gasteiger partial charge in [-0.15, -0.1) is 0 Å². The highest BCUT2D eigenvalue weighted by Crippen LogP contribution is 2.24. The summed E-state index contributed by atoms with van der Waals surface area (Å²) in [5.74, 6) is -1.51. The molecule has 2 N–H and O–H groups in total. The second kappa shape index (κ2) is 4.89. The van der Waals surface area contributed by atoms with Gasteiger partial charge in [0, 0.05) is 0 Å². The van der Waals surface area contributed by atoms with Gasteiger partial charge in [0.15, 0.2) is 0 Å². The predicted octanol–water partition coefficient (Wildman–Crippen LogP) is 0.511. The first-order chi connectivity index (χ1) is 7.57. The van der Waals surface area contributed by atoms with Crippen molar-refractivity contribution in [2.45, 2.75) is 6.92 Å². The highest BCUT2D eigenvalue weighted by molar-refractivity contribution is 7.86. The first kappa shape index (κ1) is 14.4. The molecule has 0 aromatic heterocycles. The van der Waals surface area contributed by atoms with Crippen LogP contribution in [0.4, 0.5) is 0 Å². The Morgan fingerprint density at radius 1 is 1.18 bits per heavy atom. The highest BCUT2D eigenvalue weighted by Gasteiger charge is 2.23. The maximum Gasteiger partial charge on any atom is 0.269 e. The Balaban J connectivity index is 2.77. The third-order valence-corrected chi connectivity index (χ3v) is 3.97. The van der Waals surface area contributed by atoms with Crippen LogP contribution in [0.3, 0.4) is 0 Å². The number of hydrogen-bond donors (Lipinski definition) is 2. The normalized spacial score (nSPS) is 25.7. The van der Waals surface area contributed by atoms with Crippen molar-refractivity contribution in [3.8, 4) is 0 Å². The zero-order valence-electron chi connectivity index (χ0n) is 9.14. The van der Waals surface area contributed by atoms with Crippen LogP contribution in [0.2, 0.25) is 0 Å². The molecule has 0 saturated heterocycles. The Morgan fingerprint density at radius 2 is 1.76 bits per heavy atom. The molecule has 0 fully saturated rings. The van der Waals surface area contributed by atoms with Crippen molar-refractivity contribution in [1.29, 1.82) is 0 Å². The van der Waals surface area contributed by atoms with Crippen molar-refractivity contribution in [2.75, 3.05) is 11.5 Å². The minimum absolute atomic E-state index is 0.223. The maximum absolute atomic E-state index is 10.7. The second-order valence-electron chi connectivity index (χ2n) is 4.10. The van der Waals surface area contributed by atoms with Crippen LogP contribution in [0.5, 0.6) is 0 Å². The second-order valence-corrected chi connectivity index (χ2v) is 7.05. The Bertz CT molecular complexity index is 540. The molecule has 17 heavy (non-hydrogen) atoms. The summed E-state index contributed by atoms with van der Waals surface area (Å²) in [6, 6.07) is 0. The van der Waals surface area contributed by atoms with E-state index in [1.165, 1.54) is 12.2 Å². The van der Waals surface area contributed by atoms with Crippen molar-refractivity contribution in [2.24, 2.45) is 11.8 Å². The predicted molar refractivity (Wildman–Crippen MR) is 62.7 cm³/mol. The van der Waals surface area contributed by atoms with E-state index in [1.54, 1.807) is 13.0 Å². The van der Waals surface area contributed by atoms with Gasteiger partial charge in [-0.25, -0.2) is 0 Å². The SMILES string of the molecule is CC1C=C(CS(=O)(=O)O)C=CC1CS(=O)(=O)O. The van der Waals surface area contributed by atoms with Crippen molar-refractivity contribution < 1.29 is 25.9 Å². The molecule has 0 heterocycles. The van der Waals surface area contributed by atoms with E-state index in [-0.39, 0.29) is 5.92 Å². The first-order valence-electron chi connectivity index (χ1n) is 4.86. The standard InChI is InChI=1S/C9H14O6S2/c1-7-4-8(5-16(10,11)12)2-3-9(7)6-17(13,14)15/h2-4,7,9H,5-6H2,1H3,(H,10,11,12)(H,13,14,15). The summed E-state index contributed by atoms with van der Waals surface area (Å²) < 4.78 is 60.2. The average molecular weight is 282 g/mol. The summed E-state index contributed by atoms with van der Waals surface area (Å²) in [4.78, 5) is 0. The van der Waals surface area contributed by atoms with Crippen LogP contribution in [0.15, 0.2) is 23.8 Å². The summed E-state index contributed by atoms with van der Waals surface area (Å²) in [6.07, 6.45) is 4.55. The fourth-order valence-corrected chi connectivity index (χ4v) is 3.21. The van der Waals surface area contributed by atoms with E-state index >= 15 is 0 Å². The first-order valence-corrected chi connectivity index (χ1v) is 8.08. The molecule has 0 spiro atoms. The topological polar surface area (TPSA) is 109 Å². The summed E-state index contributed by atoms with van der Waals surface area (Å²) in [5.41, 5.74) is 0.409. The van der Waals surface area contributed by atoms with E-state index in [4.69, 9.17) is 9.11 Å². The molecule has 0 radical (unpaired) electrons. The maximum atomic E-state index is 10.7. The van der Waals surface area contributed by atoms with E-state index in [0.29, 0.717) is 5.57 Å². The summed E-state index contributed by atoms with van der Waals surface area (Å²) in [7, 11) is -8.14. The van der Waals surface area contributed by atoms with Gasteiger partial charge in [0.05, 0.1) is 5.75 Å². The highest BCUT2D eigenvalue weighted by atomic mass is 32.2. The number of rotatable bonds is 4. The third kappa shape index (κ3) is 5.44. The lowest BCUT2D eigenvalue weighted by molar-refractivity contribution is 0.457. The largest absolute Gasteiger partial charge is 0.286 e. The Hall–Kier alpha value is -0.700. The Morgan fingerprint density at radius 3 is 2.18 bits per heavy atom. The van der Waals surface area contributed by atoms with Gasteiger partial charge in [0.2, 0.25) is 0 Å². The van der Waals surface area contributed by atoms with E-state index in [9.17, 15) is 16.8 Å². The van der Waals surface area contributed by atoms with Gasteiger partial charge in [0.25, 0.3) is 20.2 Å².